The zero-order valence-corrected chi connectivity index (χ0v) is 72.4. The zero-order chi connectivity index (χ0) is 91.0. The van der Waals surface area contributed by atoms with Gasteiger partial charge in [0.15, 0.2) is 0 Å². The molecule has 0 bridgehead atoms. The highest BCUT2D eigenvalue weighted by atomic mass is 16.2. The first-order chi connectivity index (χ1) is 53.2. The molecular weight excluding hydrogens is 1530 g/mol. The molecule has 1 saturated heterocycles. The molecule has 1 aliphatic heterocycles. The van der Waals surface area contributed by atoms with E-state index in [0.717, 1.165) is 0 Å². The molecule has 41 nitrogen and oxygen atoms in total. The van der Waals surface area contributed by atoms with E-state index < -0.39 is 237 Å². The van der Waals surface area contributed by atoms with Crippen LogP contribution in [0, 0.1) is 17.8 Å². The lowest BCUT2D eigenvalue weighted by Crippen LogP contribution is -2.66. The summed E-state index contributed by atoms with van der Waals surface area (Å²) in [4.78, 5) is 280. The fraction of sp³-hybridized carbons (Fsp3) is 0.724. The number of rotatable bonds is 46. The third-order valence-electron chi connectivity index (χ3n) is 18.6. The van der Waals surface area contributed by atoms with E-state index in [9.17, 15) is 101 Å². The first kappa shape index (κ1) is 104. The Balaban J connectivity index is 3.07. The molecule has 1 rings (SSSR count). The van der Waals surface area contributed by atoms with Crippen LogP contribution in [0.15, 0.2) is 0 Å². The van der Waals surface area contributed by atoms with E-state index in [1.807, 2.05) is 0 Å². The topological polar surface area (TPSA) is 618 Å². The molecule has 117 heavy (non-hydrogen) atoms. The van der Waals surface area contributed by atoms with Crippen LogP contribution < -0.4 is 102 Å². The highest BCUT2D eigenvalue weighted by Gasteiger charge is 2.46. The van der Waals surface area contributed by atoms with Crippen molar-refractivity contribution in [3.63, 3.8) is 0 Å². The van der Waals surface area contributed by atoms with Crippen molar-refractivity contribution in [1.82, 2.24) is 95.3 Å². The second-order valence-electron chi connectivity index (χ2n) is 35.0. The van der Waals surface area contributed by atoms with E-state index in [4.69, 9.17) is 11.5 Å². The zero-order valence-electron chi connectivity index (χ0n) is 72.4. The van der Waals surface area contributed by atoms with Crippen LogP contribution in [0.1, 0.15) is 224 Å². The van der Waals surface area contributed by atoms with E-state index in [0.29, 0.717) is 12.7 Å². The Hall–Kier alpha value is -10.9. The standard InChI is InChI=1S/C76H130N20O21/c1-38(2)33-46(58(107)93-75(22,23)67(116)95-73(18,19)65(114)86-45(29-31-51(78)100)57(106)84-48(37-97)40(5)6)83-60(109)49-27-26-32-96(49)68(117)76(24,25)90-52(101)35-79-54(103)41(7)82-62(111)72(16,17)94-66(115)74(20,21)91-55(104)42(8)81-56(105)44(28-30-50(77)99)85-64(113)71(14,15)92-59(108)47(34-39(3)4)87-63(112)70(12,13)89-53(102)36-80-61(110)69(10,11)88-43(9)98/h37-42,44-49H,26-36H2,1-25H3,(H2,77,99)(H2,78,100)(H,79,103)(H,80,110)(H,81,105)(H,82,111)(H,83,109)(H,84,106)(H,85,113)(H,86,114)(H,87,112)(H,88,98)(H,89,102)(H,90,101)(H,91,104)(H,92,108)(H,93,107)(H,94,115)(H,95,116). The second-order valence-corrected chi connectivity index (χ2v) is 35.0. The SMILES string of the molecule is CC(=O)NC(C)(C)C(=O)NCC(=O)NC(C)(C)C(=O)NC(CC(C)C)C(=O)NC(C)(C)C(=O)NC(CCC(N)=O)C(=O)NC(C)C(=O)NC(C)(C)C(=O)NC(C)(C)C(=O)NC(C)C(=O)NCC(=O)NC(C)(C)C(=O)N1CCCC1C(=O)NC(CC(C)C)C(=O)NC(C)(C)C(=O)NC(C)(C)C(=O)NC(CCC(N)=O)C(=O)NC(C=O)C(C)C. The van der Waals surface area contributed by atoms with Gasteiger partial charge in [0.25, 0.3) is 0 Å². The molecular formula is C76H130N20O21. The minimum atomic E-state index is -1.85. The minimum absolute atomic E-state index is 0.0320. The molecule has 1 heterocycles. The number of likely N-dealkylation sites (tertiary alicyclic amines) is 1. The van der Waals surface area contributed by atoms with Crippen molar-refractivity contribution < 1.29 is 101 Å². The van der Waals surface area contributed by atoms with Crippen LogP contribution in [-0.4, -0.2) is 242 Å². The lowest BCUT2D eigenvalue weighted by atomic mass is 9.96. The highest BCUT2D eigenvalue weighted by molar-refractivity contribution is 6.04. The maximum absolute atomic E-state index is 14.2. The quantitative estimate of drug-likeness (QED) is 0.0255. The predicted molar refractivity (Wildman–Crippen MR) is 426 cm³/mol. The van der Waals surface area contributed by atoms with E-state index in [1.54, 1.807) is 41.5 Å². The lowest BCUT2D eigenvalue weighted by Gasteiger charge is -2.35. The van der Waals surface area contributed by atoms with E-state index in [2.05, 4.69) is 90.4 Å². The fourth-order valence-corrected chi connectivity index (χ4v) is 11.4. The van der Waals surface area contributed by atoms with Crippen LogP contribution in [-0.2, 0) is 101 Å². The minimum Gasteiger partial charge on any atom is -0.370 e. The molecule has 21 N–H and O–H groups in total. The van der Waals surface area contributed by atoms with Gasteiger partial charge in [0.2, 0.25) is 118 Å². The van der Waals surface area contributed by atoms with Gasteiger partial charge in [-0.1, -0.05) is 41.5 Å². The number of nitrogens with two attached hydrogens (primary N) is 2. The number of amides is 20. The van der Waals surface area contributed by atoms with Gasteiger partial charge in [-0.05, 0) is 181 Å². The van der Waals surface area contributed by atoms with Crippen LogP contribution in [0.3, 0.4) is 0 Å². The summed E-state index contributed by atoms with van der Waals surface area (Å²) in [5, 5.41) is 42.6. The summed E-state index contributed by atoms with van der Waals surface area (Å²) in [5.74, 6) is -17.3. The normalized spacial score (nSPS) is 15.2. The summed E-state index contributed by atoms with van der Waals surface area (Å²) in [6.45, 7) is 34.2. The molecule has 41 heteroatoms. The monoisotopic (exact) mass is 1660 g/mol. The Kier molecular flexibility index (Phi) is 38.5. The fourth-order valence-electron chi connectivity index (χ4n) is 11.4. The maximum Gasteiger partial charge on any atom is 0.248 e. The highest BCUT2D eigenvalue weighted by Crippen LogP contribution is 2.24. The summed E-state index contributed by atoms with van der Waals surface area (Å²) >= 11 is 0. The second kappa shape index (κ2) is 43.3. The van der Waals surface area contributed by atoms with E-state index in [1.165, 1.54) is 136 Å². The van der Waals surface area contributed by atoms with Gasteiger partial charge in [-0.15, -0.1) is 0 Å². The Morgan fingerprint density at radius 2 is 0.726 bits per heavy atom. The van der Waals surface area contributed by atoms with E-state index in [-0.39, 0.29) is 56.4 Å². The number of nitrogens with zero attached hydrogens (tertiary/aromatic N) is 1. The van der Waals surface area contributed by atoms with Crippen molar-refractivity contribution in [1.29, 1.82) is 0 Å². The van der Waals surface area contributed by atoms with Crippen molar-refractivity contribution >= 4 is 124 Å². The molecule has 8 atom stereocenters. The Labute approximate surface area is 683 Å². The third-order valence-corrected chi connectivity index (χ3v) is 18.6. The van der Waals surface area contributed by atoms with Crippen LogP contribution in [0.5, 0.6) is 0 Å². The largest absolute Gasteiger partial charge is 0.370 e. The van der Waals surface area contributed by atoms with Crippen LogP contribution >= 0.6 is 0 Å². The van der Waals surface area contributed by atoms with Crippen molar-refractivity contribution in [2.24, 2.45) is 29.2 Å². The lowest BCUT2D eigenvalue weighted by molar-refractivity contribution is -0.145. The molecule has 0 spiro atoms. The number of hydrogen-bond donors (Lipinski definition) is 19. The Bertz CT molecular complexity index is 3730. The smallest absolute Gasteiger partial charge is 0.248 e. The number of nitrogens with one attached hydrogen (secondary N) is 17. The van der Waals surface area contributed by atoms with Crippen molar-refractivity contribution in [2.75, 3.05) is 19.6 Å². The van der Waals surface area contributed by atoms with Gasteiger partial charge >= 0.3 is 0 Å². The molecule has 0 aromatic carbocycles. The average molecular weight is 1660 g/mol. The molecule has 0 aliphatic carbocycles. The van der Waals surface area contributed by atoms with Crippen molar-refractivity contribution in [3.05, 3.63) is 0 Å². The van der Waals surface area contributed by atoms with Gasteiger partial charge in [0.1, 0.15) is 92.9 Å². The number of carbonyl (C=O) groups is 21. The van der Waals surface area contributed by atoms with Crippen LogP contribution in [0.25, 0.3) is 0 Å². The van der Waals surface area contributed by atoms with E-state index >= 15 is 0 Å². The summed E-state index contributed by atoms with van der Waals surface area (Å²) in [6, 6.07) is -10.3. The van der Waals surface area contributed by atoms with Gasteiger partial charge in [-0.3, -0.25) is 95.9 Å². The molecule has 1 fully saturated rings. The molecule has 0 aromatic rings. The third kappa shape index (κ3) is 34.0. The van der Waals surface area contributed by atoms with Crippen LogP contribution in [0.2, 0.25) is 0 Å². The molecule has 0 saturated carbocycles. The van der Waals surface area contributed by atoms with Crippen molar-refractivity contribution in [2.45, 2.75) is 317 Å². The molecule has 20 amide bonds. The number of aldehydes is 1. The predicted octanol–water partition coefficient (Wildman–Crippen LogP) is -4.70. The van der Waals surface area contributed by atoms with Gasteiger partial charge in [-0.25, -0.2) is 0 Å². The maximum atomic E-state index is 14.2. The molecule has 8 unspecified atom stereocenters. The average Bonchev–Trinajstić information content (AvgIpc) is 1.71. The van der Waals surface area contributed by atoms with Gasteiger partial charge in [-0.2, -0.15) is 0 Å². The van der Waals surface area contributed by atoms with Crippen LogP contribution in [0.4, 0.5) is 0 Å². The number of carbonyl (C=O) groups excluding carboxylic acids is 21. The van der Waals surface area contributed by atoms with Gasteiger partial charge in [0.05, 0.1) is 19.1 Å². The first-order valence-corrected chi connectivity index (χ1v) is 38.7. The Morgan fingerprint density at radius 1 is 0.376 bits per heavy atom. The summed E-state index contributed by atoms with van der Waals surface area (Å²) in [6.07, 6.45) is -0.275. The summed E-state index contributed by atoms with van der Waals surface area (Å²) in [5.41, 5.74) is -3.02. The van der Waals surface area contributed by atoms with Gasteiger partial charge in [0, 0.05) is 26.3 Å². The first-order valence-electron chi connectivity index (χ1n) is 38.7. The molecule has 1 aliphatic rings. The summed E-state index contributed by atoms with van der Waals surface area (Å²) < 4.78 is 0. The molecule has 0 radical (unpaired) electrons. The molecule has 0 aromatic heterocycles. The summed E-state index contributed by atoms with van der Waals surface area (Å²) in [7, 11) is 0. The van der Waals surface area contributed by atoms with Gasteiger partial charge < -0.3 is 112 Å². The Morgan fingerprint density at radius 3 is 1.14 bits per heavy atom. The number of hydrogen-bond acceptors (Lipinski definition) is 21. The van der Waals surface area contributed by atoms with Crippen molar-refractivity contribution in [3.8, 4) is 0 Å². The molecule has 660 valence electrons. The number of primary amides is 2.